The van der Waals surface area contributed by atoms with Crippen LogP contribution in [0.2, 0.25) is 0 Å². The van der Waals surface area contributed by atoms with Crippen LogP contribution in [0.4, 0.5) is 0 Å². The van der Waals surface area contributed by atoms with Crippen molar-refractivity contribution in [2.45, 2.75) is 64.2 Å². The van der Waals surface area contributed by atoms with Crippen LogP contribution in [-0.2, 0) is 5.41 Å². The third kappa shape index (κ3) is 1.51. The van der Waals surface area contributed by atoms with Crippen molar-refractivity contribution in [3.63, 3.8) is 0 Å². The Morgan fingerprint density at radius 3 is 2.72 bits per heavy atom. The summed E-state index contributed by atoms with van der Waals surface area (Å²) in [5.41, 5.74) is 7.14. The molecule has 0 nitrogen and oxygen atoms in total. The highest BCUT2D eigenvalue weighted by molar-refractivity contribution is 5.80. The lowest BCUT2D eigenvalue weighted by atomic mass is 9.66. The summed E-state index contributed by atoms with van der Waals surface area (Å²) in [7, 11) is 0. The summed E-state index contributed by atoms with van der Waals surface area (Å²) >= 11 is 0. The fourth-order valence-electron chi connectivity index (χ4n) is 4.42. The lowest BCUT2D eigenvalue weighted by molar-refractivity contribution is 0.363. The molecule has 2 aliphatic carbocycles. The van der Waals surface area contributed by atoms with Crippen molar-refractivity contribution in [1.29, 1.82) is 0 Å². The van der Waals surface area contributed by atoms with Crippen LogP contribution in [0, 0.1) is 0 Å². The van der Waals surface area contributed by atoms with Gasteiger partial charge in [0, 0.05) is 5.41 Å². The summed E-state index contributed by atoms with van der Waals surface area (Å²) in [6.07, 6.45) is 9.40. The topological polar surface area (TPSA) is 0 Å². The van der Waals surface area contributed by atoms with Crippen LogP contribution in [0.1, 0.15) is 69.9 Å². The molecule has 0 bridgehead atoms. The van der Waals surface area contributed by atoms with Gasteiger partial charge in [-0.3, -0.25) is 0 Å². The van der Waals surface area contributed by atoms with Crippen LogP contribution in [0.5, 0.6) is 0 Å². The van der Waals surface area contributed by atoms with E-state index in [1.165, 1.54) is 44.9 Å². The molecule has 1 unspecified atom stereocenters. The second kappa shape index (κ2) is 4.57. The first-order valence-electron chi connectivity index (χ1n) is 7.66. The van der Waals surface area contributed by atoms with Gasteiger partial charge in [0.1, 0.15) is 0 Å². The quantitative estimate of drug-likeness (QED) is 0.656. The fourth-order valence-corrected chi connectivity index (χ4v) is 4.42. The number of hydrogen-bond donors (Lipinski definition) is 0. The minimum absolute atomic E-state index is 0.426. The van der Waals surface area contributed by atoms with Gasteiger partial charge >= 0.3 is 0 Å². The maximum atomic E-state index is 2.40. The van der Waals surface area contributed by atoms with Gasteiger partial charge in [-0.25, -0.2) is 0 Å². The molecule has 0 heteroatoms. The van der Waals surface area contributed by atoms with Crippen LogP contribution in [-0.4, -0.2) is 0 Å². The van der Waals surface area contributed by atoms with Crippen molar-refractivity contribution in [2.75, 3.05) is 0 Å². The molecule has 1 atom stereocenters. The Balaban J connectivity index is 2.21. The molecule has 0 spiro atoms. The summed E-state index contributed by atoms with van der Waals surface area (Å²) in [4.78, 5) is 0. The highest BCUT2D eigenvalue weighted by Gasteiger charge is 2.44. The van der Waals surface area contributed by atoms with Gasteiger partial charge in [0.25, 0.3) is 0 Å². The molecule has 96 valence electrons. The largest absolute Gasteiger partial charge is 0.0653 e. The number of allylic oxidation sites excluding steroid dienone is 2. The van der Waals surface area contributed by atoms with Crippen molar-refractivity contribution in [1.82, 2.24) is 0 Å². The maximum absolute atomic E-state index is 2.40. The van der Waals surface area contributed by atoms with Gasteiger partial charge < -0.3 is 0 Å². The number of rotatable bonds is 3. The van der Waals surface area contributed by atoms with E-state index < -0.39 is 0 Å². The zero-order valence-electron chi connectivity index (χ0n) is 11.8. The molecule has 0 aromatic heterocycles. The lowest BCUT2D eigenvalue weighted by Crippen LogP contribution is -2.29. The molecule has 2 aliphatic rings. The van der Waals surface area contributed by atoms with Crippen LogP contribution < -0.4 is 0 Å². The average Bonchev–Trinajstić information content (AvgIpc) is 2.69. The molecule has 1 aromatic carbocycles. The monoisotopic (exact) mass is 240 g/mol. The van der Waals surface area contributed by atoms with Crippen LogP contribution in [0.15, 0.2) is 29.8 Å². The molecule has 18 heavy (non-hydrogen) atoms. The van der Waals surface area contributed by atoms with E-state index in [4.69, 9.17) is 0 Å². The SMILES string of the molecule is CCCC12CCCCC1=C(CC)c1ccccc12. The minimum Gasteiger partial charge on any atom is -0.0653 e. The van der Waals surface area contributed by atoms with E-state index in [0.717, 1.165) is 0 Å². The van der Waals surface area contributed by atoms with E-state index >= 15 is 0 Å². The molecule has 0 saturated heterocycles. The highest BCUT2D eigenvalue weighted by Crippen LogP contribution is 2.56. The normalized spacial score (nSPS) is 26.1. The Kier molecular flexibility index (Phi) is 3.05. The standard InChI is InChI=1S/C18H24/c1-3-12-18-13-8-7-11-16(18)14(4-2)15-9-5-6-10-17(15)18/h5-6,9-10H,3-4,7-8,11-13H2,1-2H3. The number of fused-ring (bicyclic) bond motifs is 3. The van der Waals surface area contributed by atoms with Gasteiger partial charge in [0.05, 0.1) is 0 Å². The zero-order valence-corrected chi connectivity index (χ0v) is 11.8. The lowest BCUT2D eigenvalue weighted by Gasteiger charge is -2.38. The van der Waals surface area contributed by atoms with Gasteiger partial charge in [-0.15, -0.1) is 0 Å². The van der Waals surface area contributed by atoms with Crippen molar-refractivity contribution < 1.29 is 0 Å². The number of benzene rings is 1. The van der Waals surface area contributed by atoms with E-state index in [1.54, 1.807) is 22.3 Å². The van der Waals surface area contributed by atoms with Crippen LogP contribution >= 0.6 is 0 Å². The summed E-state index contributed by atoms with van der Waals surface area (Å²) in [5, 5.41) is 0. The Hall–Kier alpha value is -1.04. The molecule has 0 heterocycles. The molecule has 1 aromatic rings. The molecule has 0 aliphatic heterocycles. The molecule has 1 saturated carbocycles. The smallest absolute Gasteiger partial charge is 0.0173 e. The van der Waals surface area contributed by atoms with E-state index in [1.807, 2.05) is 0 Å². The third-order valence-electron chi connectivity index (χ3n) is 5.02. The number of hydrogen-bond acceptors (Lipinski definition) is 0. The Morgan fingerprint density at radius 2 is 1.94 bits per heavy atom. The summed E-state index contributed by atoms with van der Waals surface area (Å²) in [6.45, 7) is 4.67. The summed E-state index contributed by atoms with van der Waals surface area (Å²) in [6, 6.07) is 9.21. The first kappa shape index (κ1) is 12.0. The van der Waals surface area contributed by atoms with E-state index in [2.05, 4.69) is 38.1 Å². The van der Waals surface area contributed by atoms with Crippen LogP contribution in [0.3, 0.4) is 0 Å². The molecule has 3 rings (SSSR count). The predicted molar refractivity (Wildman–Crippen MR) is 78.7 cm³/mol. The second-order valence-corrected chi connectivity index (χ2v) is 5.90. The first-order chi connectivity index (χ1) is 8.83. The highest BCUT2D eigenvalue weighted by atomic mass is 14.5. The van der Waals surface area contributed by atoms with Gasteiger partial charge in [0.2, 0.25) is 0 Å². The zero-order chi connectivity index (χ0) is 12.6. The van der Waals surface area contributed by atoms with Gasteiger partial charge in [-0.05, 0) is 48.8 Å². The minimum atomic E-state index is 0.426. The van der Waals surface area contributed by atoms with E-state index in [0.29, 0.717) is 5.41 Å². The molecule has 1 fully saturated rings. The average molecular weight is 240 g/mol. The summed E-state index contributed by atoms with van der Waals surface area (Å²) < 4.78 is 0. The first-order valence-corrected chi connectivity index (χ1v) is 7.66. The van der Waals surface area contributed by atoms with E-state index in [-0.39, 0.29) is 0 Å². The Morgan fingerprint density at radius 1 is 1.11 bits per heavy atom. The Labute approximate surface area is 111 Å². The van der Waals surface area contributed by atoms with Crippen LogP contribution in [0.25, 0.3) is 5.57 Å². The molecule has 0 radical (unpaired) electrons. The third-order valence-corrected chi connectivity index (χ3v) is 5.02. The predicted octanol–water partition coefficient (Wildman–Crippen LogP) is 5.48. The molecular formula is C18H24. The fraction of sp³-hybridized carbons (Fsp3) is 0.556. The van der Waals surface area contributed by atoms with E-state index in [9.17, 15) is 0 Å². The Bertz CT molecular complexity index is 477. The van der Waals surface area contributed by atoms with Crippen molar-refractivity contribution in [3.8, 4) is 0 Å². The molecular weight excluding hydrogens is 216 g/mol. The summed E-state index contributed by atoms with van der Waals surface area (Å²) in [5.74, 6) is 0. The maximum Gasteiger partial charge on any atom is 0.0173 e. The van der Waals surface area contributed by atoms with Gasteiger partial charge in [-0.1, -0.05) is 56.5 Å². The van der Waals surface area contributed by atoms with Crippen molar-refractivity contribution in [2.24, 2.45) is 0 Å². The van der Waals surface area contributed by atoms with Crippen molar-refractivity contribution in [3.05, 3.63) is 41.0 Å². The van der Waals surface area contributed by atoms with Gasteiger partial charge in [0.15, 0.2) is 0 Å². The van der Waals surface area contributed by atoms with Crippen molar-refractivity contribution >= 4 is 5.57 Å². The van der Waals surface area contributed by atoms with Gasteiger partial charge in [-0.2, -0.15) is 0 Å². The molecule has 0 amide bonds. The second-order valence-electron chi connectivity index (χ2n) is 5.90. The molecule has 0 N–H and O–H groups in total.